The third-order valence-corrected chi connectivity index (χ3v) is 2.57. The number of ether oxygens (including phenoxy) is 2. The van der Waals surface area contributed by atoms with Gasteiger partial charge in [-0.2, -0.15) is 0 Å². The van der Waals surface area contributed by atoms with Crippen LogP contribution in [0.2, 0.25) is 0 Å². The predicted molar refractivity (Wildman–Crippen MR) is 49.6 cm³/mol. The first-order valence-electron chi connectivity index (χ1n) is 3.89. The van der Waals surface area contributed by atoms with Gasteiger partial charge in [0.2, 0.25) is 0 Å². The number of alkyl halides is 2. The van der Waals surface area contributed by atoms with Crippen LogP contribution >= 0.6 is 11.6 Å². The molecule has 1 rings (SSSR count). The molecule has 0 heterocycles. The maximum absolute atomic E-state index is 13.5. The van der Waals surface area contributed by atoms with Gasteiger partial charge in [-0.1, -0.05) is 6.08 Å². The minimum Gasteiger partial charge on any atom is -0.498 e. The van der Waals surface area contributed by atoms with Crippen molar-refractivity contribution in [1.82, 2.24) is 0 Å². The van der Waals surface area contributed by atoms with E-state index in [9.17, 15) is 4.39 Å². The van der Waals surface area contributed by atoms with Crippen LogP contribution in [0.25, 0.3) is 0 Å². The van der Waals surface area contributed by atoms with Gasteiger partial charge < -0.3 is 9.47 Å². The number of methoxy groups -OCH3 is 2. The molecule has 2 unspecified atom stereocenters. The SMILES string of the molecule is COC1=CC=CC(F)C1(CCl)OC. The minimum absolute atomic E-state index is 0.0225. The van der Waals surface area contributed by atoms with Crippen LogP contribution in [0.3, 0.4) is 0 Å². The van der Waals surface area contributed by atoms with Gasteiger partial charge >= 0.3 is 0 Å². The molecule has 74 valence electrons. The van der Waals surface area contributed by atoms with Crippen molar-refractivity contribution >= 4 is 11.6 Å². The van der Waals surface area contributed by atoms with Gasteiger partial charge in [-0.05, 0) is 12.2 Å². The zero-order valence-electron chi connectivity index (χ0n) is 7.59. The molecule has 2 atom stereocenters. The molecule has 2 nitrogen and oxygen atoms in total. The van der Waals surface area contributed by atoms with Crippen LogP contribution in [0, 0.1) is 0 Å². The van der Waals surface area contributed by atoms with Gasteiger partial charge in [0, 0.05) is 7.11 Å². The van der Waals surface area contributed by atoms with Crippen molar-refractivity contribution in [3.05, 3.63) is 24.0 Å². The molecule has 0 radical (unpaired) electrons. The summed E-state index contributed by atoms with van der Waals surface area (Å²) < 4.78 is 23.6. The van der Waals surface area contributed by atoms with Crippen molar-refractivity contribution in [3.8, 4) is 0 Å². The van der Waals surface area contributed by atoms with Gasteiger partial charge in [0.15, 0.2) is 11.8 Å². The van der Waals surface area contributed by atoms with Gasteiger partial charge in [0.05, 0.1) is 13.0 Å². The Morgan fingerprint density at radius 3 is 2.69 bits per heavy atom. The first kappa shape index (κ1) is 10.5. The van der Waals surface area contributed by atoms with Gasteiger partial charge in [-0.3, -0.25) is 0 Å². The summed E-state index contributed by atoms with van der Waals surface area (Å²) >= 11 is 5.69. The summed E-state index contributed by atoms with van der Waals surface area (Å²) in [5, 5.41) is 0. The monoisotopic (exact) mass is 206 g/mol. The van der Waals surface area contributed by atoms with Crippen molar-refractivity contribution in [3.63, 3.8) is 0 Å². The lowest BCUT2D eigenvalue weighted by Crippen LogP contribution is -2.46. The number of hydrogen-bond acceptors (Lipinski definition) is 2. The van der Waals surface area contributed by atoms with Crippen LogP contribution in [0.5, 0.6) is 0 Å². The highest BCUT2D eigenvalue weighted by molar-refractivity contribution is 6.18. The molecule has 0 N–H and O–H groups in total. The lowest BCUT2D eigenvalue weighted by atomic mass is 9.93. The summed E-state index contributed by atoms with van der Waals surface area (Å²) in [6.45, 7) is 0. The molecule has 0 amide bonds. The summed E-state index contributed by atoms with van der Waals surface area (Å²) in [4.78, 5) is 0. The number of hydrogen-bond donors (Lipinski definition) is 0. The Hall–Kier alpha value is -0.540. The largest absolute Gasteiger partial charge is 0.498 e. The van der Waals surface area contributed by atoms with Crippen molar-refractivity contribution in [2.45, 2.75) is 11.8 Å². The molecule has 0 aromatic carbocycles. The quantitative estimate of drug-likeness (QED) is 0.658. The van der Waals surface area contributed by atoms with Crippen LogP contribution in [0.4, 0.5) is 4.39 Å². The third kappa shape index (κ3) is 1.58. The number of rotatable bonds is 3. The average molecular weight is 207 g/mol. The Morgan fingerprint density at radius 2 is 2.31 bits per heavy atom. The molecule has 0 saturated carbocycles. The molecular formula is C9H12ClFO2. The molecule has 0 spiro atoms. The average Bonchev–Trinajstić information content (AvgIpc) is 2.18. The summed E-state index contributed by atoms with van der Waals surface area (Å²) in [6.07, 6.45) is 3.37. The molecule has 0 aromatic heterocycles. The number of allylic oxidation sites excluding steroid dienone is 2. The summed E-state index contributed by atoms with van der Waals surface area (Å²) in [6, 6.07) is 0. The van der Waals surface area contributed by atoms with Crippen molar-refractivity contribution in [1.29, 1.82) is 0 Å². The Kier molecular flexibility index (Phi) is 3.33. The fourth-order valence-electron chi connectivity index (χ4n) is 1.32. The maximum Gasteiger partial charge on any atom is 0.172 e. The van der Waals surface area contributed by atoms with Crippen molar-refractivity contribution < 1.29 is 13.9 Å². The smallest absolute Gasteiger partial charge is 0.172 e. The van der Waals surface area contributed by atoms with E-state index in [1.807, 2.05) is 0 Å². The zero-order valence-corrected chi connectivity index (χ0v) is 8.34. The summed E-state index contributed by atoms with van der Waals surface area (Å²) in [5.74, 6) is 0.439. The second-order valence-electron chi connectivity index (χ2n) is 2.75. The van der Waals surface area contributed by atoms with E-state index in [0.717, 1.165) is 0 Å². The second-order valence-corrected chi connectivity index (χ2v) is 3.02. The second kappa shape index (κ2) is 4.11. The fraction of sp³-hybridized carbons (Fsp3) is 0.556. The van der Waals surface area contributed by atoms with Gasteiger partial charge in [0.1, 0.15) is 5.76 Å². The van der Waals surface area contributed by atoms with E-state index in [-0.39, 0.29) is 5.88 Å². The molecule has 0 aliphatic heterocycles. The van der Waals surface area contributed by atoms with E-state index in [4.69, 9.17) is 21.1 Å². The van der Waals surface area contributed by atoms with Crippen LogP contribution in [0.15, 0.2) is 24.0 Å². The molecule has 0 fully saturated rings. The number of halogens is 2. The normalized spacial score (nSPS) is 32.9. The van der Waals surface area contributed by atoms with E-state index in [2.05, 4.69) is 0 Å². The zero-order chi connectivity index (χ0) is 9.90. The van der Waals surface area contributed by atoms with E-state index in [0.29, 0.717) is 5.76 Å². The first-order valence-corrected chi connectivity index (χ1v) is 4.43. The molecule has 4 heteroatoms. The van der Waals surface area contributed by atoms with E-state index in [1.165, 1.54) is 20.3 Å². The van der Waals surface area contributed by atoms with Gasteiger partial charge in [-0.15, -0.1) is 11.6 Å². The van der Waals surface area contributed by atoms with Crippen LogP contribution in [-0.2, 0) is 9.47 Å². The Balaban J connectivity index is 3.02. The summed E-state index contributed by atoms with van der Waals surface area (Å²) in [5.41, 5.74) is -1.16. The van der Waals surface area contributed by atoms with Gasteiger partial charge in [0.25, 0.3) is 0 Å². The predicted octanol–water partition coefficient (Wildman–Crippen LogP) is 2.05. The van der Waals surface area contributed by atoms with Gasteiger partial charge in [-0.25, -0.2) is 4.39 Å². The van der Waals surface area contributed by atoms with Crippen molar-refractivity contribution in [2.24, 2.45) is 0 Å². The molecule has 0 bridgehead atoms. The van der Waals surface area contributed by atoms with Crippen LogP contribution < -0.4 is 0 Å². The first-order chi connectivity index (χ1) is 6.21. The minimum atomic E-state index is -1.27. The van der Waals surface area contributed by atoms with E-state index < -0.39 is 11.8 Å². The highest BCUT2D eigenvalue weighted by Crippen LogP contribution is 2.33. The van der Waals surface area contributed by atoms with E-state index >= 15 is 0 Å². The van der Waals surface area contributed by atoms with Crippen LogP contribution in [-0.4, -0.2) is 31.9 Å². The fourth-order valence-corrected chi connectivity index (χ4v) is 1.71. The molecular weight excluding hydrogens is 195 g/mol. The Morgan fingerprint density at radius 1 is 1.62 bits per heavy atom. The summed E-state index contributed by atoms with van der Waals surface area (Å²) in [7, 11) is 2.89. The Bertz CT molecular complexity index is 234. The topological polar surface area (TPSA) is 18.5 Å². The Labute approximate surface area is 82.0 Å². The molecule has 1 aliphatic rings. The molecule has 13 heavy (non-hydrogen) atoms. The van der Waals surface area contributed by atoms with E-state index in [1.54, 1.807) is 12.2 Å². The highest BCUT2D eigenvalue weighted by Gasteiger charge is 2.44. The molecule has 1 aliphatic carbocycles. The van der Waals surface area contributed by atoms with Crippen molar-refractivity contribution in [2.75, 3.05) is 20.1 Å². The maximum atomic E-state index is 13.5. The molecule has 0 saturated heterocycles. The standard InChI is InChI=1S/C9H12ClFO2/c1-12-8-5-3-4-7(11)9(8,6-10)13-2/h3-5,7H,6H2,1-2H3. The lowest BCUT2D eigenvalue weighted by Gasteiger charge is -2.34. The lowest BCUT2D eigenvalue weighted by molar-refractivity contribution is -0.0439. The van der Waals surface area contributed by atoms with Crippen LogP contribution in [0.1, 0.15) is 0 Å². The molecule has 0 aromatic rings. The third-order valence-electron chi connectivity index (χ3n) is 2.17. The highest BCUT2D eigenvalue weighted by atomic mass is 35.5.